The summed E-state index contributed by atoms with van der Waals surface area (Å²) in [7, 11) is 0. The van der Waals surface area contributed by atoms with Crippen LogP contribution in [0.3, 0.4) is 0 Å². The summed E-state index contributed by atoms with van der Waals surface area (Å²) in [5.41, 5.74) is 2.65. The highest BCUT2D eigenvalue weighted by molar-refractivity contribution is 5.25. The number of nitrogens with one attached hydrogen (secondary N) is 1. The van der Waals surface area contributed by atoms with Gasteiger partial charge in [0.25, 0.3) is 0 Å². The molecule has 78 valence electrons. The number of aliphatic hydroxyl groups excluding tert-OH is 1. The molecule has 0 radical (unpaired) electrons. The Hall–Kier alpha value is -0.860. The predicted molar refractivity (Wildman–Crippen MR) is 59.2 cm³/mol. The van der Waals surface area contributed by atoms with Crippen LogP contribution in [0.4, 0.5) is 0 Å². The molecule has 0 aromatic heterocycles. The van der Waals surface area contributed by atoms with Crippen molar-refractivity contribution in [1.29, 1.82) is 0 Å². The van der Waals surface area contributed by atoms with E-state index in [1.54, 1.807) is 0 Å². The fraction of sp³-hybridized carbons (Fsp3) is 0.500. The van der Waals surface area contributed by atoms with E-state index in [0.29, 0.717) is 0 Å². The van der Waals surface area contributed by atoms with Gasteiger partial charge in [0.1, 0.15) is 0 Å². The Morgan fingerprint density at radius 3 is 2.71 bits per heavy atom. The third-order valence-corrected chi connectivity index (χ3v) is 2.32. The molecule has 0 fully saturated rings. The van der Waals surface area contributed by atoms with Gasteiger partial charge in [-0.15, -0.1) is 0 Å². The van der Waals surface area contributed by atoms with Crippen LogP contribution >= 0.6 is 0 Å². The van der Waals surface area contributed by atoms with Crippen molar-refractivity contribution in [2.24, 2.45) is 0 Å². The highest BCUT2D eigenvalue weighted by atomic mass is 16.3. The minimum absolute atomic E-state index is 0.209. The van der Waals surface area contributed by atoms with Gasteiger partial charge in [-0.2, -0.15) is 0 Å². The van der Waals surface area contributed by atoms with Crippen molar-refractivity contribution in [3.05, 3.63) is 35.4 Å². The van der Waals surface area contributed by atoms with Gasteiger partial charge in [-0.1, -0.05) is 24.3 Å². The van der Waals surface area contributed by atoms with E-state index in [1.165, 1.54) is 11.1 Å². The van der Waals surface area contributed by atoms with Gasteiger partial charge >= 0.3 is 0 Å². The summed E-state index contributed by atoms with van der Waals surface area (Å²) in [6.07, 6.45) is 0.602. The monoisotopic (exact) mass is 193 g/mol. The van der Waals surface area contributed by atoms with Gasteiger partial charge in [0, 0.05) is 6.54 Å². The minimum atomic E-state index is -0.209. The average molecular weight is 193 g/mol. The van der Waals surface area contributed by atoms with Crippen molar-refractivity contribution < 1.29 is 5.11 Å². The van der Waals surface area contributed by atoms with E-state index in [-0.39, 0.29) is 6.10 Å². The highest BCUT2D eigenvalue weighted by Crippen LogP contribution is 2.05. The Morgan fingerprint density at radius 2 is 2.07 bits per heavy atom. The molecule has 0 aliphatic carbocycles. The van der Waals surface area contributed by atoms with Crippen LogP contribution in [0.1, 0.15) is 24.5 Å². The topological polar surface area (TPSA) is 32.3 Å². The summed E-state index contributed by atoms with van der Waals surface area (Å²) in [6, 6.07) is 8.35. The lowest BCUT2D eigenvalue weighted by Gasteiger charge is -2.08. The summed E-state index contributed by atoms with van der Waals surface area (Å²) < 4.78 is 0. The number of aryl methyl sites for hydroxylation is 1. The van der Waals surface area contributed by atoms with E-state index in [1.807, 2.05) is 6.92 Å². The van der Waals surface area contributed by atoms with E-state index in [0.717, 1.165) is 19.5 Å². The van der Waals surface area contributed by atoms with Gasteiger partial charge in [0.2, 0.25) is 0 Å². The van der Waals surface area contributed by atoms with Crippen LogP contribution in [0.25, 0.3) is 0 Å². The Kier molecular flexibility index (Phi) is 4.63. The molecular formula is C12H19NO. The first-order chi connectivity index (χ1) is 6.70. The van der Waals surface area contributed by atoms with Gasteiger partial charge < -0.3 is 10.4 Å². The van der Waals surface area contributed by atoms with Gasteiger partial charge in [0.05, 0.1) is 6.10 Å². The fourth-order valence-corrected chi connectivity index (χ4v) is 1.34. The lowest BCUT2D eigenvalue weighted by atomic mass is 10.1. The quantitative estimate of drug-likeness (QED) is 0.699. The molecule has 0 heterocycles. The van der Waals surface area contributed by atoms with Crippen molar-refractivity contribution in [2.45, 2.75) is 32.9 Å². The molecule has 0 saturated heterocycles. The van der Waals surface area contributed by atoms with Gasteiger partial charge in [-0.3, -0.25) is 0 Å². The van der Waals surface area contributed by atoms with Crippen LogP contribution in [0.2, 0.25) is 0 Å². The second-order valence-electron chi connectivity index (χ2n) is 3.74. The third kappa shape index (κ3) is 3.90. The first-order valence-corrected chi connectivity index (χ1v) is 5.13. The maximum Gasteiger partial charge on any atom is 0.0524 e. The van der Waals surface area contributed by atoms with E-state index in [4.69, 9.17) is 5.11 Å². The first-order valence-electron chi connectivity index (χ1n) is 5.13. The van der Waals surface area contributed by atoms with Crippen molar-refractivity contribution in [3.63, 3.8) is 0 Å². The van der Waals surface area contributed by atoms with Crippen LogP contribution in [0, 0.1) is 6.92 Å². The standard InChI is InChI=1S/C12H19NO/c1-10-5-3-4-6-12(10)9-13-8-7-11(2)14/h3-6,11,13-14H,7-9H2,1-2H3/t11-/m0/s1. The molecule has 0 bridgehead atoms. The molecule has 1 rings (SSSR count). The molecular weight excluding hydrogens is 174 g/mol. The lowest BCUT2D eigenvalue weighted by molar-refractivity contribution is 0.183. The van der Waals surface area contributed by atoms with Gasteiger partial charge in [-0.05, 0) is 37.9 Å². The number of rotatable bonds is 5. The average Bonchev–Trinajstić information content (AvgIpc) is 2.15. The number of hydrogen-bond acceptors (Lipinski definition) is 2. The van der Waals surface area contributed by atoms with Crippen LogP contribution in [0.15, 0.2) is 24.3 Å². The SMILES string of the molecule is Cc1ccccc1CNCC[C@H](C)O. The van der Waals surface area contributed by atoms with Crippen LogP contribution in [-0.4, -0.2) is 17.8 Å². The molecule has 14 heavy (non-hydrogen) atoms. The molecule has 0 spiro atoms. The van der Waals surface area contributed by atoms with Gasteiger partial charge in [0.15, 0.2) is 0 Å². The summed E-state index contributed by atoms with van der Waals surface area (Å²) in [4.78, 5) is 0. The van der Waals surface area contributed by atoms with Crippen molar-refractivity contribution >= 4 is 0 Å². The Morgan fingerprint density at radius 1 is 1.36 bits per heavy atom. The smallest absolute Gasteiger partial charge is 0.0524 e. The summed E-state index contributed by atoms with van der Waals surface area (Å²) in [6.45, 7) is 5.69. The number of benzene rings is 1. The predicted octanol–water partition coefficient (Wildman–Crippen LogP) is 1.86. The number of aliphatic hydroxyl groups is 1. The maximum absolute atomic E-state index is 9.06. The van der Waals surface area contributed by atoms with E-state index in [2.05, 4.69) is 36.5 Å². The maximum atomic E-state index is 9.06. The molecule has 0 aliphatic rings. The van der Waals surface area contributed by atoms with E-state index < -0.39 is 0 Å². The summed E-state index contributed by atoms with van der Waals surface area (Å²) >= 11 is 0. The second kappa shape index (κ2) is 5.78. The molecule has 1 aromatic rings. The molecule has 2 nitrogen and oxygen atoms in total. The third-order valence-electron chi connectivity index (χ3n) is 2.32. The Labute approximate surface area is 86.0 Å². The normalized spacial score (nSPS) is 12.8. The fourth-order valence-electron chi connectivity index (χ4n) is 1.34. The summed E-state index contributed by atoms with van der Waals surface area (Å²) in [5.74, 6) is 0. The minimum Gasteiger partial charge on any atom is -0.393 e. The highest BCUT2D eigenvalue weighted by Gasteiger charge is 1.97. The van der Waals surface area contributed by atoms with Crippen LogP contribution < -0.4 is 5.32 Å². The molecule has 1 aromatic carbocycles. The number of hydrogen-bond donors (Lipinski definition) is 2. The van der Waals surface area contributed by atoms with Gasteiger partial charge in [-0.25, -0.2) is 0 Å². The van der Waals surface area contributed by atoms with E-state index in [9.17, 15) is 0 Å². The Bertz CT molecular complexity index is 271. The summed E-state index contributed by atoms with van der Waals surface area (Å²) in [5, 5.41) is 12.4. The zero-order chi connectivity index (χ0) is 10.4. The molecule has 0 aliphatic heterocycles. The van der Waals surface area contributed by atoms with Crippen molar-refractivity contribution in [1.82, 2.24) is 5.32 Å². The molecule has 1 atom stereocenters. The van der Waals surface area contributed by atoms with Crippen LogP contribution in [0.5, 0.6) is 0 Å². The molecule has 0 amide bonds. The lowest BCUT2D eigenvalue weighted by Crippen LogP contribution is -2.19. The second-order valence-corrected chi connectivity index (χ2v) is 3.74. The molecule has 0 unspecified atom stereocenters. The van der Waals surface area contributed by atoms with Crippen LogP contribution in [-0.2, 0) is 6.54 Å². The molecule has 2 heteroatoms. The molecule has 0 saturated carbocycles. The largest absolute Gasteiger partial charge is 0.393 e. The Balaban J connectivity index is 2.28. The zero-order valence-electron chi connectivity index (χ0n) is 8.96. The van der Waals surface area contributed by atoms with E-state index >= 15 is 0 Å². The molecule has 2 N–H and O–H groups in total. The van der Waals surface area contributed by atoms with Crippen molar-refractivity contribution in [3.8, 4) is 0 Å². The zero-order valence-corrected chi connectivity index (χ0v) is 8.96. The van der Waals surface area contributed by atoms with Crippen molar-refractivity contribution in [2.75, 3.05) is 6.54 Å². The first kappa shape index (κ1) is 11.2.